The van der Waals surface area contributed by atoms with Gasteiger partial charge in [0.25, 0.3) is 5.56 Å². The lowest BCUT2D eigenvalue weighted by Crippen LogP contribution is -2.17. The van der Waals surface area contributed by atoms with Gasteiger partial charge in [0.2, 0.25) is 0 Å². The molecule has 1 heterocycles. The second kappa shape index (κ2) is 6.51. The van der Waals surface area contributed by atoms with Gasteiger partial charge in [0.15, 0.2) is 23.2 Å². The van der Waals surface area contributed by atoms with Gasteiger partial charge < -0.3 is 4.98 Å². The van der Waals surface area contributed by atoms with Crippen molar-refractivity contribution in [3.63, 3.8) is 0 Å². The maximum Gasteiger partial charge on any atom is 0.262 e. The van der Waals surface area contributed by atoms with Crippen molar-refractivity contribution in [2.45, 2.75) is 19.8 Å². The highest BCUT2D eigenvalue weighted by Gasteiger charge is 2.16. The van der Waals surface area contributed by atoms with Crippen LogP contribution in [0.1, 0.15) is 28.2 Å². The van der Waals surface area contributed by atoms with Crippen LogP contribution in [0.15, 0.2) is 35.1 Å². The summed E-state index contributed by atoms with van der Waals surface area (Å²) in [6.45, 7) is 1.62. The third-order valence-electron chi connectivity index (χ3n) is 3.89. The number of rotatable bonds is 4. The Bertz CT molecular complexity index is 1040. The first-order valence-electron chi connectivity index (χ1n) is 7.53. The van der Waals surface area contributed by atoms with Crippen LogP contribution in [0.2, 0.25) is 0 Å². The number of nitrogens with one attached hydrogen (secondary N) is 1. The van der Waals surface area contributed by atoms with Gasteiger partial charge in [0.05, 0.1) is 5.52 Å². The Morgan fingerprint density at radius 2 is 1.84 bits per heavy atom. The van der Waals surface area contributed by atoms with Gasteiger partial charge in [0, 0.05) is 6.42 Å². The summed E-state index contributed by atoms with van der Waals surface area (Å²) in [4.78, 5) is 30.3. The van der Waals surface area contributed by atoms with E-state index in [1.165, 1.54) is 6.07 Å². The number of aryl methyl sites for hydroxylation is 2. The minimum atomic E-state index is -1.30. The molecule has 0 bridgehead atoms. The van der Waals surface area contributed by atoms with E-state index in [0.29, 0.717) is 12.0 Å². The normalized spacial score (nSPS) is 11.0. The van der Waals surface area contributed by atoms with Gasteiger partial charge in [-0.15, -0.1) is 0 Å². The van der Waals surface area contributed by atoms with Gasteiger partial charge in [-0.2, -0.15) is 0 Å². The fraction of sp³-hybridized carbons (Fsp3) is 0.167. The lowest BCUT2D eigenvalue weighted by molar-refractivity contribution is 0.0973. The number of benzene rings is 2. The summed E-state index contributed by atoms with van der Waals surface area (Å²) < 4.78 is 40.1. The first kappa shape index (κ1) is 16.9. The number of aromatic nitrogens is 2. The van der Waals surface area contributed by atoms with Crippen LogP contribution in [0, 0.1) is 24.4 Å². The van der Waals surface area contributed by atoms with Crippen LogP contribution in [-0.4, -0.2) is 15.8 Å². The molecule has 0 atom stereocenters. The van der Waals surface area contributed by atoms with Crippen molar-refractivity contribution in [3.8, 4) is 0 Å². The smallest absolute Gasteiger partial charge is 0.262 e. The molecular weight excluding hydrogens is 333 g/mol. The first-order valence-corrected chi connectivity index (χ1v) is 7.53. The molecule has 25 heavy (non-hydrogen) atoms. The molecule has 0 saturated carbocycles. The second-order valence-electron chi connectivity index (χ2n) is 5.68. The van der Waals surface area contributed by atoms with Crippen molar-refractivity contribution >= 4 is 16.7 Å². The van der Waals surface area contributed by atoms with Gasteiger partial charge in [0.1, 0.15) is 11.2 Å². The number of ketones is 1. The van der Waals surface area contributed by atoms with Gasteiger partial charge in [-0.3, -0.25) is 9.59 Å². The van der Waals surface area contributed by atoms with E-state index in [9.17, 15) is 22.8 Å². The Morgan fingerprint density at radius 1 is 1.12 bits per heavy atom. The third-order valence-corrected chi connectivity index (χ3v) is 3.89. The van der Waals surface area contributed by atoms with E-state index in [2.05, 4.69) is 9.97 Å². The van der Waals surface area contributed by atoms with E-state index in [1.54, 1.807) is 19.1 Å². The van der Waals surface area contributed by atoms with Crippen molar-refractivity contribution < 1.29 is 18.0 Å². The minimum Gasteiger partial charge on any atom is -0.303 e. The molecule has 0 amide bonds. The quantitative estimate of drug-likeness (QED) is 0.736. The summed E-state index contributed by atoms with van der Waals surface area (Å²) in [5.41, 5.74) is 0.231. The molecule has 7 heteroatoms. The predicted molar refractivity (Wildman–Crippen MR) is 86.1 cm³/mol. The number of Topliss-reactive ketones (excluding diaryl/α,β-unsaturated/α-hetero) is 1. The summed E-state index contributed by atoms with van der Waals surface area (Å²) >= 11 is 0. The number of halogens is 3. The van der Waals surface area contributed by atoms with Crippen molar-refractivity contribution in [2.24, 2.45) is 0 Å². The molecule has 3 aromatic rings. The molecule has 0 aliphatic heterocycles. The second-order valence-corrected chi connectivity index (χ2v) is 5.68. The molecule has 4 nitrogen and oxygen atoms in total. The number of H-pyrrole nitrogens is 1. The molecule has 0 saturated heterocycles. The van der Waals surface area contributed by atoms with Crippen LogP contribution >= 0.6 is 0 Å². The summed E-state index contributed by atoms with van der Waals surface area (Å²) in [5, 5.41) is -0.522. The van der Waals surface area contributed by atoms with E-state index in [-0.39, 0.29) is 23.6 Å². The summed E-state index contributed by atoms with van der Waals surface area (Å²) in [6.07, 6.45) is 0.364. The highest BCUT2D eigenvalue weighted by atomic mass is 19.2. The lowest BCUT2D eigenvalue weighted by atomic mass is 10.0. The predicted octanol–water partition coefficient (Wildman–Crippen LogP) is 3.46. The number of nitrogens with zero attached hydrogens (tertiary/aromatic N) is 1. The van der Waals surface area contributed by atoms with Crippen molar-refractivity contribution in [2.75, 3.05) is 0 Å². The molecule has 0 aliphatic carbocycles. The maximum atomic E-state index is 13.7. The Balaban J connectivity index is 1.86. The zero-order chi connectivity index (χ0) is 18.1. The van der Waals surface area contributed by atoms with Gasteiger partial charge in [-0.05, 0) is 42.7 Å². The molecule has 2 aromatic carbocycles. The van der Waals surface area contributed by atoms with Crippen LogP contribution in [0.5, 0.6) is 0 Å². The molecule has 0 spiro atoms. The topological polar surface area (TPSA) is 62.8 Å². The van der Waals surface area contributed by atoms with Gasteiger partial charge in [-0.25, -0.2) is 18.2 Å². The first-order chi connectivity index (χ1) is 11.9. The molecule has 0 radical (unpaired) electrons. The average molecular weight is 346 g/mol. The Labute approximate surface area is 140 Å². The van der Waals surface area contributed by atoms with Crippen LogP contribution in [0.25, 0.3) is 10.9 Å². The van der Waals surface area contributed by atoms with Crippen LogP contribution < -0.4 is 5.56 Å². The molecule has 128 valence electrons. The number of hydrogen-bond acceptors (Lipinski definition) is 3. The Morgan fingerprint density at radius 3 is 2.56 bits per heavy atom. The summed E-state index contributed by atoms with van der Waals surface area (Å²) in [6, 6.07) is 6.52. The van der Waals surface area contributed by atoms with E-state index >= 15 is 0 Å². The number of carbonyl (C=O) groups excluding carboxylic acids is 1. The molecule has 3 rings (SSSR count). The van der Waals surface area contributed by atoms with Gasteiger partial charge in [-0.1, -0.05) is 12.1 Å². The molecule has 0 unspecified atom stereocenters. The molecule has 1 aromatic heterocycles. The SMILES string of the molecule is Cc1cc(CCC(=O)c2nc3ccc(F)c(F)c3c(=O)[nH]2)ccc1F. The van der Waals surface area contributed by atoms with Crippen molar-refractivity contribution in [1.82, 2.24) is 9.97 Å². The third kappa shape index (κ3) is 3.31. The lowest BCUT2D eigenvalue weighted by Gasteiger charge is -2.05. The fourth-order valence-corrected chi connectivity index (χ4v) is 2.54. The van der Waals surface area contributed by atoms with E-state index in [1.807, 2.05) is 0 Å². The van der Waals surface area contributed by atoms with E-state index in [4.69, 9.17) is 0 Å². The maximum absolute atomic E-state index is 13.7. The monoisotopic (exact) mass is 346 g/mol. The zero-order valence-electron chi connectivity index (χ0n) is 13.2. The van der Waals surface area contributed by atoms with Crippen LogP contribution in [0.4, 0.5) is 13.2 Å². The summed E-state index contributed by atoms with van der Waals surface area (Å²) in [7, 11) is 0. The highest BCUT2D eigenvalue weighted by Crippen LogP contribution is 2.16. The highest BCUT2D eigenvalue weighted by molar-refractivity contribution is 5.94. The number of carbonyl (C=O) groups is 1. The van der Waals surface area contributed by atoms with Crippen molar-refractivity contribution in [3.05, 3.63) is 75.1 Å². The van der Waals surface area contributed by atoms with E-state index < -0.39 is 28.4 Å². The summed E-state index contributed by atoms with van der Waals surface area (Å²) in [5.74, 6) is -3.46. The molecule has 1 N–H and O–H groups in total. The van der Waals surface area contributed by atoms with Crippen LogP contribution in [0.3, 0.4) is 0 Å². The Hall–Kier alpha value is -2.96. The molecular formula is C18H13F3N2O2. The van der Waals surface area contributed by atoms with Crippen molar-refractivity contribution in [1.29, 1.82) is 0 Å². The number of hydrogen-bond donors (Lipinski definition) is 1. The molecule has 0 fully saturated rings. The largest absolute Gasteiger partial charge is 0.303 e. The minimum absolute atomic E-state index is 0.0309. The number of aromatic amines is 1. The zero-order valence-corrected chi connectivity index (χ0v) is 13.2. The van der Waals surface area contributed by atoms with Crippen LogP contribution in [-0.2, 0) is 6.42 Å². The number of fused-ring (bicyclic) bond motifs is 1. The van der Waals surface area contributed by atoms with E-state index in [0.717, 1.165) is 17.7 Å². The van der Waals surface area contributed by atoms with Gasteiger partial charge >= 0.3 is 0 Å². The average Bonchev–Trinajstić information content (AvgIpc) is 2.58. The Kier molecular flexibility index (Phi) is 4.39. The standard InChI is InChI=1S/C18H13F3N2O2/c1-9-8-10(2-4-11(9)19)3-7-14(24)17-22-13-6-5-12(20)16(21)15(13)18(25)23-17/h2,4-6,8H,3,7H2,1H3,(H,22,23,25). The molecule has 0 aliphatic rings. The fourth-order valence-electron chi connectivity index (χ4n) is 2.54.